The fourth-order valence-corrected chi connectivity index (χ4v) is 2.83. The van der Waals surface area contributed by atoms with Gasteiger partial charge in [0.05, 0.1) is 0 Å². The highest BCUT2D eigenvalue weighted by atomic mass is 15.1. The van der Waals surface area contributed by atoms with Crippen LogP contribution in [0, 0.1) is 12.8 Å². The van der Waals surface area contributed by atoms with Gasteiger partial charge < -0.3 is 4.90 Å². The summed E-state index contributed by atoms with van der Waals surface area (Å²) in [6, 6.07) is 2.10. The van der Waals surface area contributed by atoms with Crippen LogP contribution in [0.5, 0.6) is 0 Å². The Morgan fingerprint density at radius 1 is 1.35 bits per heavy atom. The van der Waals surface area contributed by atoms with Gasteiger partial charge in [-0.1, -0.05) is 0 Å². The van der Waals surface area contributed by atoms with Gasteiger partial charge >= 0.3 is 0 Å². The quantitative estimate of drug-likeness (QED) is 0.799. The molecule has 0 radical (unpaired) electrons. The molecule has 1 atom stereocenters. The summed E-state index contributed by atoms with van der Waals surface area (Å²) in [5, 5.41) is 0. The molecule has 1 aliphatic heterocycles. The molecule has 2 fully saturated rings. The predicted octanol–water partition coefficient (Wildman–Crippen LogP) is 2.37. The summed E-state index contributed by atoms with van der Waals surface area (Å²) in [4.78, 5) is 11.4. The largest absolute Gasteiger partial charge is 0.302 e. The molecule has 92 valence electrons. The standard InChI is InChI=1S/C14H21N3/c1-11-15-7-6-14(16-11)13-3-2-8-17(10-13)9-12-4-5-12/h6-7,12-13H,2-5,8-10H2,1H3/t13-/m1/s1. The lowest BCUT2D eigenvalue weighted by molar-refractivity contribution is 0.198. The highest BCUT2D eigenvalue weighted by Gasteiger charge is 2.28. The van der Waals surface area contributed by atoms with Crippen LogP contribution in [0.3, 0.4) is 0 Å². The van der Waals surface area contributed by atoms with Gasteiger partial charge in [-0.2, -0.15) is 0 Å². The van der Waals surface area contributed by atoms with E-state index in [1.165, 1.54) is 51.0 Å². The molecule has 17 heavy (non-hydrogen) atoms. The fraction of sp³-hybridized carbons (Fsp3) is 0.714. The first-order valence-electron chi connectivity index (χ1n) is 6.83. The first-order valence-corrected chi connectivity index (χ1v) is 6.83. The minimum absolute atomic E-state index is 0.629. The van der Waals surface area contributed by atoms with Crippen LogP contribution >= 0.6 is 0 Å². The van der Waals surface area contributed by atoms with E-state index < -0.39 is 0 Å². The minimum atomic E-state index is 0.629. The van der Waals surface area contributed by atoms with E-state index in [-0.39, 0.29) is 0 Å². The van der Waals surface area contributed by atoms with Gasteiger partial charge in [-0.25, -0.2) is 9.97 Å². The highest BCUT2D eigenvalue weighted by molar-refractivity contribution is 5.10. The molecule has 1 saturated heterocycles. The molecule has 2 aliphatic rings. The van der Waals surface area contributed by atoms with Crippen molar-refractivity contribution < 1.29 is 0 Å². The maximum atomic E-state index is 4.59. The van der Waals surface area contributed by atoms with Gasteiger partial charge in [0.2, 0.25) is 0 Å². The smallest absolute Gasteiger partial charge is 0.125 e. The van der Waals surface area contributed by atoms with Crippen molar-refractivity contribution >= 4 is 0 Å². The Kier molecular flexibility index (Phi) is 3.10. The topological polar surface area (TPSA) is 29.0 Å². The zero-order valence-corrected chi connectivity index (χ0v) is 10.6. The minimum Gasteiger partial charge on any atom is -0.302 e. The Morgan fingerprint density at radius 2 is 2.24 bits per heavy atom. The monoisotopic (exact) mass is 231 g/mol. The zero-order chi connectivity index (χ0) is 11.7. The van der Waals surface area contributed by atoms with E-state index in [2.05, 4.69) is 20.9 Å². The molecule has 0 N–H and O–H groups in total. The number of nitrogens with zero attached hydrogens (tertiary/aromatic N) is 3. The molecule has 0 spiro atoms. The van der Waals surface area contributed by atoms with E-state index in [4.69, 9.17) is 0 Å². The van der Waals surface area contributed by atoms with E-state index in [9.17, 15) is 0 Å². The second kappa shape index (κ2) is 4.73. The van der Waals surface area contributed by atoms with E-state index in [1.54, 1.807) is 0 Å². The third-order valence-electron chi connectivity index (χ3n) is 3.93. The molecule has 0 aromatic carbocycles. The molecule has 1 saturated carbocycles. The fourth-order valence-electron chi connectivity index (χ4n) is 2.83. The third kappa shape index (κ3) is 2.83. The summed E-state index contributed by atoms with van der Waals surface area (Å²) in [5.74, 6) is 2.53. The van der Waals surface area contributed by atoms with Crippen molar-refractivity contribution in [3.8, 4) is 0 Å². The molecule has 3 heteroatoms. The number of aromatic nitrogens is 2. The number of rotatable bonds is 3. The van der Waals surface area contributed by atoms with Crippen molar-refractivity contribution in [1.82, 2.24) is 14.9 Å². The van der Waals surface area contributed by atoms with Gasteiger partial charge in [-0.3, -0.25) is 0 Å². The highest BCUT2D eigenvalue weighted by Crippen LogP contribution is 2.32. The first-order chi connectivity index (χ1) is 8.31. The summed E-state index contributed by atoms with van der Waals surface area (Å²) >= 11 is 0. The van der Waals surface area contributed by atoms with Gasteiger partial charge in [-0.15, -0.1) is 0 Å². The maximum absolute atomic E-state index is 4.59. The molecule has 2 heterocycles. The van der Waals surface area contributed by atoms with E-state index in [0.717, 1.165) is 11.7 Å². The molecule has 0 amide bonds. The maximum Gasteiger partial charge on any atom is 0.125 e. The average Bonchev–Trinajstić information content (AvgIpc) is 3.13. The van der Waals surface area contributed by atoms with Crippen LogP contribution in [-0.2, 0) is 0 Å². The molecular formula is C14H21N3. The molecule has 0 bridgehead atoms. The molecule has 1 aromatic rings. The van der Waals surface area contributed by atoms with Crippen LogP contribution in [0.1, 0.15) is 43.1 Å². The number of hydrogen-bond acceptors (Lipinski definition) is 3. The van der Waals surface area contributed by atoms with E-state index in [0.29, 0.717) is 5.92 Å². The van der Waals surface area contributed by atoms with Crippen LogP contribution in [0.2, 0.25) is 0 Å². The molecular weight excluding hydrogens is 210 g/mol. The van der Waals surface area contributed by atoms with Crippen LogP contribution in [0.4, 0.5) is 0 Å². The van der Waals surface area contributed by atoms with Gasteiger partial charge in [0, 0.05) is 30.9 Å². The van der Waals surface area contributed by atoms with Crippen LogP contribution in [-0.4, -0.2) is 34.5 Å². The van der Waals surface area contributed by atoms with Crippen molar-refractivity contribution in [3.63, 3.8) is 0 Å². The lowest BCUT2D eigenvalue weighted by atomic mass is 9.94. The van der Waals surface area contributed by atoms with Crippen molar-refractivity contribution in [2.24, 2.45) is 5.92 Å². The molecule has 3 nitrogen and oxygen atoms in total. The second-order valence-corrected chi connectivity index (χ2v) is 5.57. The van der Waals surface area contributed by atoms with Crippen LogP contribution in [0.15, 0.2) is 12.3 Å². The number of aryl methyl sites for hydroxylation is 1. The van der Waals surface area contributed by atoms with Crippen molar-refractivity contribution in [1.29, 1.82) is 0 Å². The lowest BCUT2D eigenvalue weighted by Gasteiger charge is -2.32. The molecule has 0 unspecified atom stereocenters. The zero-order valence-electron chi connectivity index (χ0n) is 10.6. The normalized spacial score (nSPS) is 26.1. The lowest BCUT2D eigenvalue weighted by Crippen LogP contribution is -2.36. The van der Waals surface area contributed by atoms with Gasteiger partial charge in [0.15, 0.2) is 0 Å². The second-order valence-electron chi connectivity index (χ2n) is 5.57. The van der Waals surface area contributed by atoms with Gasteiger partial charge in [0.25, 0.3) is 0 Å². The number of hydrogen-bond donors (Lipinski definition) is 0. The summed E-state index contributed by atoms with van der Waals surface area (Å²) in [6.07, 6.45) is 7.41. The Morgan fingerprint density at radius 3 is 3.00 bits per heavy atom. The third-order valence-corrected chi connectivity index (χ3v) is 3.93. The number of piperidine rings is 1. The Balaban J connectivity index is 1.65. The van der Waals surface area contributed by atoms with E-state index in [1.807, 2.05) is 13.1 Å². The summed E-state index contributed by atoms with van der Waals surface area (Å²) < 4.78 is 0. The van der Waals surface area contributed by atoms with Crippen LogP contribution < -0.4 is 0 Å². The Hall–Kier alpha value is -0.960. The molecule has 3 rings (SSSR count). The van der Waals surface area contributed by atoms with Crippen molar-refractivity contribution in [2.75, 3.05) is 19.6 Å². The van der Waals surface area contributed by atoms with Gasteiger partial charge in [0.1, 0.15) is 5.82 Å². The number of likely N-dealkylation sites (tertiary alicyclic amines) is 1. The molecule has 1 aliphatic carbocycles. The Labute approximate surface area is 103 Å². The van der Waals surface area contributed by atoms with Crippen molar-refractivity contribution in [2.45, 2.75) is 38.5 Å². The predicted molar refractivity (Wildman–Crippen MR) is 67.9 cm³/mol. The first kappa shape index (κ1) is 11.1. The summed E-state index contributed by atoms with van der Waals surface area (Å²) in [6.45, 7) is 5.79. The molecule has 1 aromatic heterocycles. The summed E-state index contributed by atoms with van der Waals surface area (Å²) in [7, 11) is 0. The van der Waals surface area contributed by atoms with Gasteiger partial charge in [-0.05, 0) is 51.1 Å². The average molecular weight is 231 g/mol. The van der Waals surface area contributed by atoms with Crippen molar-refractivity contribution in [3.05, 3.63) is 23.8 Å². The Bertz CT molecular complexity index is 387. The van der Waals surface area contributed by atoms with E-state index >= 15 is 0 Å². The summed E-state index contributed by atoms with van der Waals surface area (Å²) in [5.41, 5.74) is 1.25. The van der Waals surface area contributed by atoms with Crippen LogP contribution in [0.25, 0.3) is 0 Å². The SMILES string of the molecule is Cc1nccc([C@@H]2CCCN(CC3CC3)C2)n1.